The van der Waals surface area contributed by atoms with Gasteiger partial charge >= 0.3 is 0 Å². The van der Waals surface area contributed by atoms with Crippen LogP contribution in [0.1, 0.15) is 117 Å². The molecule has 1 unspecified atom stereocenters. The average Bonchev–Trinajstić information content (AvgIpc) is 3.20. The highest BCUT2D eigenvalue weighted by atomic mass is 16.5. The number of allylic oxidation sites excluding steroid dienone is 1. The van der Waals surface area contributed by atoms with Gasteiger partial charge in [0.05, 0.1) is 17.2 Å². The van der Waals surface area contributed by atoms with Crippen LogP contribution in [-0.4, -0.2) is 88.6 Å². The fourth-order valence-electron chi connectivity index (χ4n) is 10.3. The first-order valence-electron chi connectivity index (χ1n) is 21.8. The molecule has 3 aromatic rings. The van der Waals surface area contributed by atoms with Gasteiger partial charge in [-0.1, -0.05) is 40.3 Å². The number of aryl methyl sites for hydroxylation is 2. The highest BCUT2D eigenvalue weighted by Gasteiger charge is 2.64. The van der Waals surface area contributed by atoms with Crippen LogP contribution in [0.25, 0.3) is 0 Å². The van der Waals surface area contributed by atoms with Gasteiger partial charge in [0.2, 0.25) is 11.9 Å². The summed E-state index contributed by atoms with van der Waals surface area (Å²) in [6.07, 6.45) is 8.29. The van der Waals surface area contributed by atoms with Crippen molar-refractivity contribution in [1.82, 2.24) is 30.8 Å². The first-order valence-corrected chi connectivity index (χ1v) is 21.8. The molecule has 1 aromatic heterocycles. The molecule has 3 amide bonds. The van der Waals surface area contributed by atoms with E-state index >= 15 is 0 Å². The summed E-state index contributed by atoms with van der Waals surface area (Å²) in [4.78, 5) is 52.9. The molecule has 2 aliphatic heterocycles. The van der Waals surface area contributed by atoms with Crippen molar-refractivity contribution in [1.29, 1.82) is 5.26 Å². The molecule has 4 fully saturated rings. The molecule has 0 spiro atoms. The number of nitriles is 1. The molecule has 13 heteroatoms. The maximum atomic E-state index is 13.5. The predicted molar refractivity (Wildman–Crippen MR) is 234 cm³/mol. The van der Waals surface area contributed by atoms with Gasteiger partial charge in [-0.3, -0.25) is 19.3 Å². The van der Waals surface area contributed by atoms with Crippen molar-refractivity contribution in [3.63, 3.8) is 0 Å². The van der Waals surface area contributed by atoms with Gasteiger partial charge in [-0.15, -0.1) is 0 Å². The number of amides is 3. The first-order chi connectivity index (χ1) is 28.9. The summed E-state index contributed by atoms with van der Waals surface area (Å²) in [5.41, 5.74) is 3.34. The summed E-state index contributed by atoms with van der Waals surface area (Å²) < 4.78 is 12.9. The topological polar surface area (TPSA) is 162 Å². The number of carbonyl (C=O) groups is 3. The average molecular weight is 831 g/mol. The van der Waals surface area contributed by atoms with Crippen molar-refractivity contribution in [3.8, 4) is 17.6 Å². The number of carbonyl (C=O) groups excluding carboxylic acids is 3. The lowest BCUT2D eigenvalue weighted by atomic mass is 9.49. The van der Waals surface area contributed by atoms with Gasteiger partial charge in [-0.05, 0) is 101 Å². The SMILES string of the molecule is C=C1CCC(NC(=O)c2cccc(OC3CC(N(CC4CCN(c5ncc(C(=O)NC6C(C)(C)C(Oc7cc(C)c(C#N)c(C)c7)C6(C)C)cn5)CC4)C(C)C)C3)c2)C(=O)N1. The Kier molecular flexibility index (Phi) is 12.5. The van der Waals surface area contributed by atoms with Gasteiger partial charge < -0.3 is 30.3 Å². The van der Waals surface area contributed by atoms with Crippen molar-refractivity contribution in [2.24, 2.45) is 16.7 Å². The molecule has 13 nitrogen and oxygen atoms in total. The van der Waals surface area contributed by atoms with Crippen LogP contribution in [0.4, 0.5) is 5.95 Å². The van der Waals surface area contributed by atoms with Crippen LogP contribution >= 0.6 is 0 Å². The number of nitrogens with one attached hydrogen (secondary N) is 3. The van der Waals surface area contributed by atoms with E-state index in [0.717, 1.165) is 62.2 Å². The van der Waals surface area contributed by atoms with Crippen molar-refractivity contribution < 1.29 is 23.9 Å². The number of piperidine rings is 2. The number of ether oxygens (including phenoxy) is 2. The molecule has 324 valence electrons. The van der Waals surface area contributed by atoms with E-state index in [1.54, 1.807) is 24.5 Å². The second-order valence-electron chi connectivity index (χ2n) is 19.1. The third kappa shape index (κ3) is 9.25. The van der Waals surface area contributed by atoms with Gasteiger partial charge in [-0.2, -0.15) is 5.26 Å². The van der Waals surface area contributed by atoms with E-state index in [-0.39, 0.29) is 46.8 Å². The maximum absolute atomic E-state index is 13.5. The molecule has 2 aliphatic carbocycles. The number of aromatic nitrogens is 2. The van der Waals surface area contributed by atoms with Gasteiger partial charge in [0.15, 0.2) is 0 Å². The van der Waals surface area contributed by atoms with Crippen molar-refractivity contribution in [3.05, 3.63) is 88.9 Å². The lowest BCUT2D eigenvalue weighted by Crippen LogP contribution is -2.74. The number of benzene rings is 2. The van der Waals surface area contributed by atoms with Gasteiger partial charge in [0.25, 0.3) is 11.8 Å². The minimum absolute atomic E-state index is 0.0789. The molecule has 7 rings (SSSR count). The zero-order valence-corrected chi connectivity index (χ0v) is 37.0. The smallest absolute Gasteiger partial charge is 0.254 e. The highest BCUT2D eigenvalue weighted by molar-refractivity contribution is 5.98. The van der Waals surface area contributed by atoms with E-state index in [2.05, 4.69) is 89.9 Å². The normalized spacial score (nSPS) is 24.5. The Morgan fingerprint density at radius 3 is 2.20 bits per heavy atom. The minimum Gasteiger partial charge on any atom is -0.490 e. The summed E-state index contributed by atoms with van der Waals surface area (Å²) in [5, 5.41) is 18.3. The number of rotatable bonds is 13. The molecule has 2 saturated heterocycles. The molecule has 0 radical (unpaired) electrons. The molecule has 1 atom stereocenters. The van der Waals surface area contributed by atoms with Crippen LogP contribution in [0.15, 0.2) is 61.1 Å². The van der Waals surface area contributed by atoms with E-state index in [9.17, 15) is 19.6 Å². The second kappa shape index (κ2) is 17.5. The van der Waals surface area contributed by atoms with Crippen LogP contribution in [0.5, 0.6) is 11.5 Å². The molecule has 2 saturated carbocycles. The van der Waals surface area contributed by atoms with Crippen LogP contribution in [0, 0.1) is 41.9 Å². The zero-order chi connectivity index (χ0) is 43.8. The minimum atomic E-state index is -0.573. The number of hydrogen-bond donors (Lipinski definition) is 3. The van der Waals surface area contributed by atoms with Crippen LogP contribution < -0.4 is 30.3 Å². The van der Waals surface area contributed by atoms with E-state index in [1.807, 2.05) is 38.1 Å². The monoisotopic (exact) mass is 830 g/mol. The van der Waals surface area contributed by atoms with E-state index in [1.165, 1.54) is 0 Å². The van der Waals surface area contributed by atoms with Crippen LogP contribution in [0.2, 0.25) is 0 Å². The first kappa shape index (κ1) is 43.6. The molecule has 4 aliphatic rings. The number of anilines is 1. The maximum Gasteiger partial charge on any atom is 0.254 e. The predicted octanol–water partition coefficient (Wildman–Crippen LogP) is 6.64. The van der Waals surface area contributed by atoms with Crippen LogP contribution in [-0.2, 0) is 4.79 Å². The Morgan fingerprint density at radius 1 is 0.951 bits per heavy atom. The van der Waals surface area contributed by atoms with Crippen molar-refractivity contribution in [2.75, 3.05) is 24.5 Å². The summed E-state index contributed by atoms with van der Waals surface area (Å²) in [5.74, 6) is 1.87. The number of hydrogen-bond acceptors (Lipinski definition) is 10. The van der Waals surface area contributed by atoms with Crippen LogP contribution in [0.3, 0.4) is 0 Å². The summed E-state index contributed by atoms with van der Waals surface area (Å²) in [6, 6.07) is 13.4. The fourth-order valence-corrected chi connectivity index (χ4v) is 10.3. The van der Waals surface area contributed by atoms with Gasteiger partial charge in [0, 0.05) is 85.1 Å². The molecule has 0 bridgehead atoms. The zero-order valence-electron chi connectivity index (χ0n) is 37.0. The molecule has 3 heterocycles. The lowest BCUT2D eigenvalue weighted by molar-refractivity contribution is -0.164. The summed E-state index contributed by atoms with van der Waals surface area (Å²) in [7, 11) is 0. The third-order valence-corrected chi connectivity index (χ3v) is 13.5. The Hall–Kier alpha value is -5.48. The Bertz CT molecular complexity index is 2140. The van der Waals surface area contributed by atoms with Gasteiger partial charge in [-0.25, -0.2) is 9.97 Å². The molecule has 3 N–H and O–H groups in total. The Labute approximate surface area is 360 Å². The molecule has 61 heavy (non-hydrogen) atoms. The second-order valence-corrected chi connectivity index (χ2v) is 19.1. The molecular weight excluding hydrogens is 769 g/mol. The highest BCUT2D eigenvalue weighted by Crippen LogP contribution is 2.55. The van der Waals surface area contributed by atoms with Crippen molar-refractivity contribution >= 4 is 23.7 Å². The Balaban J connectivity index is 0.858. The summed E-state index contributed by atoms with van der Waals surface area (Å²) in [6.45, 7) is 23.4. The number of nitrogens with zero attached hydrogens (tertiary/aromatic N) is 5. The van der Waals surface area contributed by atoms with Gasteiger partial charge in [0.1, 0.15) is 29.7 Å². The third-order valence-electron chi connectivity index (χ3n) is 13.5. The van der Waals surface area contributed by atoms with E-state index < -0.39 is 6.04 Å². The molecule has 2 aromatic carbocycles. The van der Waals surface area contributed by atoms with E-state index in [4.69, 9.17) is 9.47 Å². The lowest BCUT2D eigenvalue weighted by Gasteiger charge is -2.63. The molecular formula is C48H62N8O5. The summed E-state index contributed by atoms with van der Waals surface area (Å²) >= 11 is 0. The van der Waals surface area contributed by atoms with Crippen molar-refractivity contribution in [2.45, 2.75) is 130 Å². The Morgan fingerprint density at radius 2 is 1.59 bits per heavy atom. The standard InChI is InChI=1S/C48H62N8O5/c1-28(2)56(35-22-38(23-35)60-36-12-10-11-33(21-36)41(57)53-40-14-13-31(5)52-43(40)59)27-32-15-17-55(18-16-32)46-50-25-34(26-51-46)42(58)54-44-47(6,7)45(48(44,8)9)61-37-19-29(3)39(24-49)30(4)20-37/h10-12,19-21,25-26,28,32,35,38,40,44-45H,5,13-18,22-23,27H2,1-4,6-9H3,(H,52,59)(H,53,57)(H,54,58). The quantitative estimate of drug-likeness (QED) is 0.170. The largest absolute Gasteiger partial charge is 0.490 e. The van der Waals surface area contributed by atoms with E-state index in [0.29, 0.717) is 64.9 Å². The fraction of sp³-hybridized carbons (Fsp3) is 0.542.